The number of aromatic nitrogens is 1. The van der Waals surface area contributed by atoms with Gasteiger partial charge in [0.1, 0.15) is 17.2 Å². The monoisotopic (exact) mass is 479 g/mol. The summed E-state index contributed by atoms with van der Waals surface area (Å²) < 4.78 is 11.5. The number of carbonyl (C=O) groups excluding carboxylic acids is 2. The van der Waals surface area contributed by atoms with Gasteiger partial charge in [0.05, 0.1) is 18.3 Å². The highest BCUT2D eigenvalue weighted by Gasteiger charge is 2.55. The van der Waals surface area contributed by atoms with Crippen molar-refractivity contribution in [3.05, 3.63) is 65.0 Å². The van der Waals surface area contributed by atoms with Gasteiger partial charge in [0.2, 0.25) is 5.89 Å². The molecule has 34 heavy (non-hydrogen) atoms. The summed E-state index contributed by atoms with van der Waals surface area (Å²) >= 11 is 6.05. The Balaban J connectivity index is 1.35. The Morgan fingerprint density at radius 2 is 1.88 bits per heavy atom. The molecule has 2 atom stereocenters. The first-order chi connectivity index (χ1) is 16.3. The van der Waals surface area contributed by atoms with E-state index in [0.717, 1.165) is 16.2 Å². The number of ether oxygens (including phenoxy) is 1. The Kier molecular flexibility index (Phi) is 5.57. The molecule has 0 saturated carbocycles. The van der Waals surface area contributed by atoms with Gasteiger partial charge in [-0.05, 0) is 63.2 Å². The van der Waals surface area contributed by atoms with Gasteiger partial charge < -0.3 is 9.15 Å². The van der Waals surface area contributed by atoms with Gasteiger partial charge in [-0.15, -0.1) is 0 Å². The van der Waals surface area contributed by atoms with E-state index in [1.165, 1.54) is 5.01 Å². The number of fused-ring (bicyclic) bond motifs is 1. The van der Waals surface area contributed by atoms with Crippen LogP contribution >= 0.6 is 11.6 Å². The number of hydrogen-bond donors (Lipinski definition) is 0. The van der Waals surface area contributed by atoms with Crippen molar-refractivity contribution >= 4 is 29.1 Å². The minimum Gasteiger partial charge on any atom is -0.491 e. The van der Waals surface area contributed by atoms with Crippen molar-refractivity contribution in [1.82, 2.24) is 9.99 Å². The Morgan fingerprint density at radius 1 is 1.12 bits per heavy atom. The van der Waals surface area contributed by atoms with Crippen LogP contribution in [0.2, 0.25) is 5.02 Å². The van der Waals surface area contributed by atoms with Crippen LogP contribution in [-0.4, -0.2) is 40.0 Å². The Labute approximate surface area is 201 Å². The average molecular weight is 480 g/mol. The summed E-state index contributed by atoms with van der Waals surface area (Å²) in [6.45, 7) is 5.91. The predicted molar refractivity (Wildman–Crippen MR) is 124 cm³/mol. The topological polar surface area (TPSA) is 101 Å². The minimum atomic E-state index is -0.897. The SMILES string of the molecule is Cc1oc(-c2ccc(OC(C)C)cc2)nc1CN1N=N[C@H]2C(=O)N(c3cccc(Cl)c3)C(=O)[C@@H]21. The maximum absolute atomic E-state index is 13.2. The number of aryl methyl sites for hydroxylation is 1. The predicted octanol–water partition coefficient (Wildman–Crippen LogP) is 4.58. The second-order valence-corrected chi connectivity index (χ2v) is 8.83. The largest absolute Gasteiger partial charge is 0.491 e. The van der Waals surface area contributed by atoms with E-state index in [2.05, 4.69) is 15.3 Å². The van der Waals surface area contributed by atoms with Crippen LogP contribution in [0.1, 0.15) is 25.3 Å². The Morgan fingerprint density at radius 3 is 2.59 bits per heavy atom. The summed E-state index contributed by atoms with van der Waals surface area (Å²) in [5, 5.41) is 10.1. The average Bonchev–Trinajstić information content (AvgIpc) is 3.44. The number of halogens is 1. The van der Waals surface area contributed by atoms with E-state index in [0.29, 0.717) is 28.1 Å². The highest BCUT2D eigenvalue weighted by Crippen LogP contribution is 2.34. The minimum absolute atomic E-state index is 0.0832. The van der Waals surface area contributed by atoms with Crippen molar-refractivity contribution in [2.75, 3.05) is 4.90 Å². The molecular weight excluding hydrogens is 458 g/mol. The number of benzene rings is 2. The maximum Gasteiger partial charge on any atom is 0.263 e. The number of hydrogen-bond acceptors (Lipinski definition) is 8. The van der Waals surface area contributed by atoms with E-state index >= 15 is 0 Å². The number of imide groups is 1. The van der Waals surface area contributed by atoms with Crippen LogP contribution < -0.4 is 9.64 Å². The quantitative estimate of drug-likeness (QED) is 0.479. The first-order valence-corrected chi connectivity index (χ1v) is 11.2. The zero-order valence-corrected chi connectivity index (χ0v) is 19.6. The molecule has 10 heteroatoms. The molecule has 0 N–H and O–H groups in total. The number of nitrogens with zero attached hydrogens (tertiary/aromatic N) is 5. The van der Waals surface area contributed by atoms with Crippen LogP contribution in [0.25, 0.3) is 11.5 Å². The van der Waals surface area contributed by atoms with Crippen molar-refractivity contribution < 1.29 is 18.7 Å². The number of anilines is 1. The van der Waals surface area contributed by atoms with Gasteiger partial charge in [-0.25, -0.2) is 9.88 Å². The van der Waals surface area contributed by atoms with E-state index < -0.39 is 23.9 Å². The van der Waals surface area contributed by atoms with E-state index in [1.807, 2.05) is 38.1 Å². The highest BCUT2D eigenvalue weighted by atomic mass is 35.5. The van der Waals surface area contributed by atoms with Crippen molar-refractivity contribution in [2.24, 2.45) is 10.3 Å². The molecule has 3 heterocycles. The van der Waals surface area contributed by atoms with Crippen molar-refractivity contribution in [1.29, 1.82) is 0 Å². The molecule has 0 unspecified atom stereocenters. The van der Waals surface area contributed by atoms with Crippen LogP contribution in [0, 0.1) is 6.92 Å². The third kappa shape index (κ3) is 3.92. The molecule has 3 aromatic rings. The van der Waals surface area contributed by atoms with Gasteiger partial charge in [0.15, 0.2) is 12.1 Å². The lowest BCUT2D eigenvalue weighted by Gasteiger charge is -2.20. The second kappa shape index (κ2) is 8.57. The first-order valence-electron chi connectivity index (χ1n) is 10.9. The number of rotatable bonds is 6. The normalized spacial score (nSPS) is 19.4. The summed E-state index contributed by atoms with van der Waals surface area (Å²) in [6, 6.07) is 12.3. The molecule has 0 bridgehead atoms. The molecule has 0 radical (unpaired) electrons. The molecule has 2 aliphatic heterocycles. The van der Waals surface area contributed by atoms with Gasteiger partial charge >= 0.3 is 0 Å². The Hall–Kier alpha value is -3.72. The molecule has 5 rings (SSSR count). The van der Waals surface area contributed by atoms with Crippen molar-refractivity contribution in [3.8, 4) is 17.2 Å². The lowest BCUT2D eigenvalue weighted by Crippen LogP contribution is -2.39. The van der Waals surface area contributed by atoms with E-state index in [9.17, 15) is 9.59 Å². The maximum atomic E-state index is 13.2. The van der Waals surface area contributed by atoms with Gasteiger partial charge in [0, 0.05) is 10.6 Å². The smallest absolute Gasteiger partial charge is 0.263 e. The lowest BCUT2D eigenvalue weighted by molar-refractivity contribution is -0.123. The summed E-state index contributed by atoms with van der Waals surface area (Å²) in [5.74, 6) is 0.985. The third-order valence-electron chi connectivity index (χ3n) is 5.60. The zero-order valence-electron chi connectivity index (χ0n) is 18.8. The summed E-state index contributed by atoms with van der Waals surface area (Å²) in [6.07, 6.45) is 0.0832. The lowest BCUT2D eigenvalue weighted by atomic mass is 10.1. The molecule has 174 valence electrons. The number of carbonyl (C=O) groups is 2. The fourth-order valence-electron chi connectivity index (χ4n) is 4.02. The molecule has 1 saturated heterocycles. The first kappa shape index (κ1) is 22.1. The molecular formula is C24H22ClN5O4. The summed E-state index contributed by atoms with van der Waals surface area (Å²) in [7, 11) is 0. The van der Waals surface area contributed by atoms with Gasteiger partial charge in [-0.1, -0.05) is 22.9 Å². The number of oxazole rings is 1. The molecule has 0 spiro atoms. The van der Waals surface area contributed by atoms with Crippen LogP contribution in [-0.2, 0) is 16.1 Å². The van der Waals surface area contributed by atoms with Crippen molar-refractivity contribution in [3.63, 3.8) is 0 Å². The molecule has 2 aromatic carbocycles. The van der Waals surface area contributed by atoms with Crippen LogP contribution in [0.5, 0.6) is 5.75 Å². The van der Waals surface area contributed by atoms with Crippen molar-refractivity contribution in [2.45, 2.75) is 45.5 Å². The summed E-state index contributed by atoms with van der Waals surface area (Å²) in [5.41, 5.74) is 1.82. The van der Waals surface area contributed by atoms with E-state index in [-0.39, 0.29) is 12.6 Å². The third-order valence-corrected chi connectivity index (χ3v) is 5.84. The van der Waals surface area contributed by atoms with Gasteiger partial charge in [0.25, 0.3) is 11.8 Å². The fourth-order valence-corrected chi connectivity index (χ4v) is 4.21. The van der Waals surface area contributed by atoms with Crippen LogP contribution in [0.3, 0.4) is 0 Å². The molecule has 1 fully saturated rings. The molecule has 2 aliphatic rings. The fraction of sp³-hybridized carbons (Fsp3) is 0.292. The van der Waals surface area contributed by atoms with E-state index in [4.69, 9.17) is 20.8 Å². The van der Waals surface area contributed by atoms with Gasteiger partial charge in [-0.3, -0.25) is 14.6 Å². The standard InChI is InChI=1S/C24H22ClN5O4/c1-13(2)33-18-9-7-15(8-10-18)22-26-19(14(3)34-22)12-29-21-20(27-28-29)23(31)30(24(21)32)17-6-4-5-16(25)11-17/h4-11,13,20-21H,12H2,1-3H3/t20-,21-/m1/s1. The van der Waals surface area contributed by atoms with Crippen LogP contribution in [0.15, 0.2) is 63.3 Å². The zero-order chi connectivity index (χ0) is 24.0. The number of amides is 2. The van der Waals surface area contributed by atoms with E-state index in [1.54, 1.807) is 31.2 Å². The molecule has 2 amide bonds. The molecule has 0 aliphatic carbocycles. The highest BCUT2D eigenvalue weighted by molar-refractivity contribution is 6.31. The second-order valence-electron chi connectivity index (χ2n) is 8.40. The van der Waals surface area contributed by atoms with Crippen LogP contribution in [0.4, 0.5) is 5.69 Å². The van der Waals surface area contributed by atoms with Gasteiger partial charge in [-0.2, -0.15) is 5.11 Å². The Bertz CT molecular complexity index is 1290. The molecule has 9 nitrogen and oxygen atoms in total. The summed E-state index contributed by atoms with van der Waals surface area (Å²) in [4.78, 5) is 31.8. The molecule has 1 aromatic heterocycles.